The number of ether oxygens (including phenoxy) is 3. The van der Waals surface area contributed by atoms with E-state index in [1.807, 2.05) is 6.92 Å². The smallest absolute Gasteiger partial charge is 0.314 e. The first kappa shape index (κ1) is 14.9. The fourth-order valence-electron chi connectivity index (χ4n) is 4.98. The van der Waals surface area contributed by atoms with Crippen molar-refractivity contribution in [3.63, 3.8) is 0 Å². The van der Waals surface area contributed by atoms with Crippen LogP contribution in [0.25, 0.3) is 0 Å². The second-order valence-electron chi connectivity index (χ2n) is 7.41. The van der Waals surface area contributed by atoms with E-state index in [1.165, 1.54) is 0 Å². The Balaban J connectivity index is 1.79. The Morgan fingerprint density at radius 1 is 1.23 bits per heavy atom. The van der Waals surface area contributed by atoms with Crippen LogP contribution in [0.3, 0.4) is 0 Å². The molecule has 124 valence electrons. The predicted octanol–water partition coefficient (Wildman–Crippen LogP) is 2.02. The number of rotatable bonds is 2. The zero-order valence-electron chi connectivity index (χ0n) is 13.4. The zero-order valence-corrected chi connectivity index (χ0v) is 13.4. The summed E-state index contributed by atoms with van der Waals surface area (Å²) < 4.78 is 17.0. The summed E-state index contributed by atoms with van der Waals surface area (Å²) in [7, 11) is 1.61. The first-order chi connectivity index (χ1) is 10.5. The van der Waals surface area contributed by atoms with E-state index in [0.717, 1.165) is 25.7 Å². The van der Waals surface area contributed by atoms with E-state index >= 15 is 0 Å². The molecule has 0 aromatic rings. The average Bonchev–Trinajstić information content (AvgIpc) is 2.70. The molecule has 0 aromatic heterocycles. The van der Waals surface area contributed by atoms with Gasteiger partial charge in [0.1, 0.15) is 0 Å². The van der Waals surface area contributed by atoms with Gasteiger partial charge in [0.05, 0.1) is 12.5 Å². The van der Waals surface area contributed by atoms with Gasteiger partial charge in [-0.05, 0) is 32.1 Å². The summed E-state index contributed by atoms with van der Waals surface area (Å²) in [5.41, 5.74) is -0.690. The van der Waals surface area contributed by atoms with Crippen molar-refractivity contribution < 1.29 is 28.8 Å². The summed E-state index contributed by atoms with van der Waals surface area (Å²) in [4.78, 5) is 24.1. The lowest BCUT2D eigenvalue weighted by atomic mass is 9.58. The summed E-state index contributed by atoms with van der Waals surface area (Å²) in [6.07, 6.45) is 3.02. The number of hydrogen-bond acceptors (Lipinski definition) is 6. The van der Waals surface area contributed by atoms with Gasteiger partial charge >= 0.3 is 5.97 Å². The molecule has 4 saturated heterocycles. The molecule has 5 rings (SSSR count). The number of hydrogen-bond donors (Lipinski definition) is 0. The molecule has 0 aromatic carbocycles. The lowest BCUT2D eigenvalue weighted by Gasteiger charge is -2.58. The third kappa shape index (κ3) is 1.84. The normalized spacial score (nSPS) is 53.6. The quantitative estimate of drug-likeness (QED) is 0.574. The van der Waals surface area contributed by atoms with Gasteiger partial charge in [-0.2, -0.15) is 0 Å². The summed E-state index contributed by atoms with van der Waals surface area (Å²) in [5.74, 6) is -0.602. The molecule has 0 radical (unpaired) electrons. The van der Waals surface area contributed by atoms with Crippen LogP contribution >= 0.6 is 0 Å². The summed E-state index contributed by atoms with van der Waals surface area (Å²) in [5, 5.41) is 0. The van der Waals surface area contributed by atoms with E-state index in [0.29, 0.717) is 12.5 Å². The number of methoxy groups -OCH3 is 1. The molecule has 2 bridgehead atoms. The third-order valence-electron chi connectivity index (χ3n) is 6.13. The van der Waals surface area contributed by atoms with Gasteiger partial charge in [0.2, 0.25) is 12.1 Å². The van der Waals surface area contributed by atoms with Crippen LogP contribution in [0.15, 0.2) is 0 Å². The monoisotopic (exact) mass is 312 g/mol. The van der Waals surface area contributed by atoms with Crippen LogP contribution in [0.4, 0.5) is 0 Å². The Morgan fingerprint density at radius 3 is 2.82 bits per heavy atom. The number of carbonyl (C=O) groups excluding carboxylic acids is 1. The highest BCUT2D eigenvalue weighted by atomic mass is 17.3. The summed E-state index contributed by atoms with van der Waals surface area (Å²) in [6.45, 7) is 4.45. The maximum Gasteiger partial charge on any atom is 0.314 e. The predicted molar refractivity (Wildman–Crippen MR) is 74.2 cm³/mol. The van der Waals surface area contributed by atoms with Crippen molar-refractivity contribution >= 4 is 5.97 Å². The van der Waals surface area contributed by atoms with Crippen LogP contribution in [0.1, 0.15) is 39.5 Å². The van der Waals surface area contributed by atoms with Gasteiger partial charge in [-0.3, -0.25) is 4.79 Å². The molecule has 0 amide bonds. The molecule has 22 heavy (non-hydrogen) atoms. The van der Waals surface area contributed by atoms with Gasteiger partial charge in [0, 0.05) is 25.4 Å². The van der Waals surface area contributed by atoms with E-state index in [2.05, 4.69) is 6.92 Å². The highest BCUT2D eigenvalue weighted by Crippen LogP contribution is 2.59. The topological polar surface area (TPSA) is 63.2 Å². The van der Waals surface area contributed by atoms with Crippen molar-refractivity contribution in [3.05, 3.63) is 0 Å². The number of esters is 1. The van der Waals surface area contributed by atoms with Crippen molar-refractivity contribution in [1.82, 2.24) is 0 Å². The van der Waals surface area contributed by atoms with Crippen molar-refractivity contribution in [2.75, 3.05) is 13.7 Å². The van der Waals surface area contributed by atoms with Crippen molar-refractivity contribution in [3.8, 4) is 0 Å². The van der Waals surface area contributed by atoms with E-state index in [4.69, 9.17) is 24.0 Å². The molecule has 0 N–H and O–H groups in total. The lowest BCUT2D eigenvalue weighted by molar-refractivity contribution is -0.559. The van der Waals surface area contributed by atoms with E-state index in [1.54, 1.807) is 7.11 Å². The number of carbonyl (C=O) groups is 1. The molecule has 0 unspecified atom stereocenters. The summed E-state index contributed by atoms with van der Waals surface area (Å²) in [6, 6.07) is 0. The molecular weight excluding hydrogens is 288 g/mol. The van der Waals surface area contributed by atoms with Crippen LogP contribution < -0.4 is 0 Å². The highest BCUT2D eigenvalue weighted by molar-refractivity contribution is 5.74. The van der Waals surface area contributed by atoms with Crippen molar-refractivity contribution in [2.45, 2.75) is 57.2 Å². The Labute approximate surface area is 130 Å². The fourth-order valence-corrected chi connectivity index (χ4v) is 4.98. The maximum atomic E-state index is 12.4. The largest absolute Gasteiger partial charge is 0.432 e. The lowest BCUT2D eigenvalue weighted by Crippen LogP contribution is -2.70. The summed E-state index contributed by atoms with van der Waals surface area (Å²) >= 11 is 0. The SMILES string of the molecule is COC[C@H]1C(=O)O[C@@H]2O[C@@]3(C)CC[C@H]4[C@H](C)CC[C@@H]1[C@@]24OO3. The molecule has 4 heterocycles. The molecule has 6 nitrogen and oxygen atoms in total. The Bertz CT molecular complexity index is 481. The molecule has 7 atom stereocenters. The minimum atomic E-state index is -0.827. The van der Waals surface area contributed by atoms with Crippen LogP contribution in [-0.4, -0.2) is 37.4 Å². The van der Waals surface area contributed by atoms with Crippen molar-refractivity contribution in [1.29, 1.82) is 0 Å². The first-order valence-electron chi connectivity index (χ1n) is 8.24. The molecule has 6 heteroatoms. The first-order valence-corrected chi connectivity index (χ1v) is 8.24. The van der Waals surface area contributed by atoms with E-state index in [-0.39, 0.29) is 23.7 Å². The maximum absolute atomic E-state index is 12.4. The van der Waals surface area contributed by atoms with Gasteiger partial charge in [-0.1, -0.05) is 6.92 Å². The van der Waals surface area contributed by atoms with Gasteiger partial charge in [0.15, 0.2) is 5.60 Å². The van der Waals surface area contributed by atoms with E-state index < -0.39 is 17.7 Å². The van der Waals surface area contributed by atoms with Gasteiger partial charge in [0.25, 0.3) is 0 Å². The number of fused-ring (bicyclic) bond motifs is 2. The Kier molecular flexibility index (Phi) is 3.31. The van der Waals surface area contributed by atoms with E-state index in [9.17, 15) is 4.79 Å². The minimum Gasteiger partial charge on any atom is -0.432 e. The van der Waals surface area contributed by atoms with Crippen molar-refractivity contribution in [2.24, 2.45) is 23.7 Å². The molecule has 5 fully saturated rings. The van der Waals surface area contributed by atoms with Crippen LogP contribution in [0, 0.1) is 23.7 Å². The van der Waals surface area contributed by atoms with Crippen LogP contribution in [0.5, 0.6) is 0 Å². The molecule has 5 aliphatic rings. The van der Waals surface area contributed by atoms with Crippen LogP contribution in [-0.2, 0) is 28.8 Å². The van der Waals surface area contributed by atoms with Gasteiger partial charge in [-0.25, -0.2) is 9.78 Å². The second-order valence-corrected chi connectivity index (χ2v) is 7.41. The molecule has 1 saturated carbocycles. The second kappa shape index (κ2) is 4.90. The van der Waals surface area contributed by atoms with Gasteiger partial charge in [-0.15, -0.1) is 0 Å². The molecule has 4 aliphatic heterocycles. The third-order valence-corrected chi connectivity index (χ3v) is 6.13. The molecule has 1 aliphatic carbocycles. The Hall–Kier alpha value is -0.690. The standard InChI is InChI=1S/C16H24O6/c1-9-4-5-12-10(8-18-3)13(17)19-14-16(12)11(9)6-7-15(2,20-14)21-22-16/h9-12,14H,4-8H2,1-3H3/t9-,10-,11+,12+,14-,15-,16-/m1/s1. The molecule has 1 spiro atoms. The Morgan fingerprint density at radius 2 is 2.05 bits per heavy atom. The molecular formula is C16H24O6. The minimum absolute atomic E-state index is 0.0162. The fraction of sp³-hybridized carbons (Fsp3) is 0.938. The van der Waals surface area contributed by atoms with Gasteiger partial charge < -0.3 is 14.2 Å². The highest BCUT2D eigenvalue weighted by Gasteiger charge is 2.70. The average molecular weight is 312 g/mol. The zero-order chi connectivity index (χ0) is 15.5. The van der Waals surface area contributed by atoms with Crippen LogP contribution in [0.2, 0.25) is 0 Å².